The van der Waals surface area contributed by atoms with E-state index in [2.05, 4.69) is 27.5 Å². The molecule has 0 saturated heterocycles. The van der Waals surface area contributed by atoms with Crippen LogP contribution in [-0.2, 0) is 6.54 Å². The zero-order chi connectivity index (χ0) is 11.9. The zero-order valence-electron chi connectivity index (χ0n) is 9.95. The van der Waals surface area contributed by atoms with E-state index in [-0.39, 0.29) is 0 Å². The molecule has 2 aromatic rings. The molecular weight excluding hydrogens is 214 g/mol. The highest BCUT2D eigenvalue weighted by atomic mass is 15.4. The highest BCUT2D eigenvalue weighted by molar-refractivity contribution is 5.13. The van der Waals surface area contributed by atoms with Crippen LogP contribution in [0.25, 0.3) is 0 Å². The first-order chi connectivity index (χ1) is 8.36. The van der Waals surface area contributed by atoms with Gasteiger partial charge in [0.1, 0.15) is 0 Å². The first-order valence-corrected chi connectivity index (χ1v) is 5.83. The number of rotatable bonds is 6. The predicted molar refractivity (Wildman–Crippen MR) is 65.3 cm³/mol. The SMILES string of the molecule is CC(NCCCn1ccnn1)c1ccncc1. The summed E-state index contributed by atoms with van der Waals surface area (Å²) >= 11 is 0. The van der Waals surface area contributed by atoms with Gasteiger partial charge in [-0.1, -0.05) is 5.21 Å². The Morgan fingerprint density at radius 3 is 2.82 bits per heavy atom. The molecule has 0 bridgehead atoms. The Morgan fingerprint density at radius 2 is 2.12 bits per heavy atom. The molecule has 17 heavy (non-hydrogen) atoms. The van der Waals surface area contributed by atoms with Gasteiger partial charge in [-0.3, -0.25) is 9.67 Å². The Bertz CT molecular complexity index is 412. The second-order valence-electron chi connectivity index (χ2n) is 3.98. The van der Waals surface area contributed by atoms with Gasteiger partial charge in [-0.05, 0) is 37.6 Å². The standard InChI is InChI=1S/C12H17N5/c1-11(12-3-6-13-7-4-12)14-5-2-9-17-10-8-15-16-17/h3-4,6-8,10-11,14H,2,5,9H2,1H3. The van der Waals surface area contributed by atoms with E-state index in [1.165, 1.54) is 5.56 Å². The van der Waals surface area contributed by atoms with Gasteiger partial charge in [0.15, 0.2) is 0 Å². The van der Waals surface area contributed by atoms with Gasteiger partial charge in [0.25, 0.3) is 0 Å². The van der Waals surface area contributed by atoms with Crippen molar-refractivity contribution in [3.8, 4) is 0 Å². The van der Waals surface area contributed by atoms with Crippen LogP contribution in [0.15, 0.2) is 36.9 Å². The summed E-state index contributed by atoms with van der Waals surface area (Å²) in [6.45, 7) is 4.02. The highest BCUT2D eigenvalue weighted by Crippen LogP contribution is 2.09. The van der Waals surface area contributed by atoms with E-state index in [0.717, 1.165) is 19.5 Å². The predicted octanol–water partition coefficient (Wildman–Crippen LogP) is 1.41. The fourth-order valence-electron chi connectivity index (χ4n) is 1.68. The second-order valence-corrected chi connectivity index (χ2v) is 3.98. The fraction of sp³-hybridized carbons (Fsp3) is 0.417. The van der Waals surface area contributed by atoms with E-state index >= 15 is 0 Å². The third kappa shape index (κ3) is 3.64. The minimum Gasteiger partial charge on any atom is -0.310 e. The lowest BCUT2D eigenvalue weighted by molar-refractivity contribution is 0.499. The van der Waals surface area contributed by atoms with Gasteiger partial charge in [0, 0.05) is 31.2 Å². The minimum atomic E-state index is 0.355. The van der Waals surface area contributed by atoms with Crippen LogP contribution in [-0.4, -0.2) is 26.5 Å². The number of hydrogen-bond acceptors (Lipinski definition) is 4. The van der Waals surface area contributed by atoms with Gasteiger partial charge >= 0.3 is 0 Å². The molecule has 0 radical (unpaired) electrons. The van der Waals surface area contributed by atoms with Gasteiger partial charge in [0.2, 0.25) is 0 Å². The monoisotopic (exact) mass is 231 g/mol. The number of nitrogens with zero attached hydrogens (tertiary/aromatic N) is 4. The van der Waals surface area contributed by atoms with Crippen molar-refractivity contribution in [1.82, 2.24) is 25.3 Å². The summed E-state index contributed by atoms with van der Waals surface area (Å²) in [7, 11) is 0. The van der Waals surface area contributed by atoms with E-state index < -0.39 is 0 Å². The van der Waals surface area contributed by atoms with Crippen LogP contribution in [0.4, 0.5) is 0 Å². The Kier molecular flexibility index (Phi) is 4.21. The number of pyridine rings is 1. The lowest BCUT2D eigenvalue weighted by atomic mass is 10.1. The molecule has 2 rings (SSSR count). The van der Waals surface area contributed by atoms with Crippen molar-refractivity contribution in [2.45, 2.75) is 25.9 Å². The van der Waals surface area contributed by atoms with Gasteiger partial charge in [0.05, 0.1) is 6.20 Å². The summed E-state index contributed by atoms with van der Waals surface area (Å²) < 4.78 is 1.85. The van der Waals surface area contributed by atoms with Crippen LogP contribution in [0.1, 0.15) is 24.9 Å². The average Bonchev–Trinajstić information content (AvgIpc) is 2.88. The lowest BCUT2D eigenvalue weighted by Crippen LogP contribution is -2.21. The Balaban J connectivity index is 1.68. The molecule has 1 N–H and O–H groups in total. The molecule has 5 heteroatoms. The molecule has 90 valence electrons. The number of hydrogen-bond donors (Lipinski definition) is 1. The molecule has 1 unspecified atom stereocenters. The molecular formula is C12H17N5. The van der Waals surface area contributed by atoms with E-state index in [1.807, 2.05) is 35.4 Å². The molecule has 0 saturated carbocycles. The third-order valence-electron chi connectivity index (χ3n) is 2.69. The summed E-state index contributed by atoms with van der Waals surface area (Å²) in [5.74, 6) is 0. The van der Waals surface area contributed by atoms with Gasteiger partial charge in [-0.15, -0.1) is 5.10 Å². The average molecular weight is 231 g/mol. The molecule has 0 aromatic carbocycles. The maximum Gasteiger partial charge on any atom is 0.0692 e. The minimum absolute atomic E-state index is 0.355. The first-order valence-electron chi connectivity index (χ1n) is 5.83. The zero-order valence-corrected chi connectivity index (χ0v) is 9.95. The second kappa shape index (κ2) is 6.10. The summed E-state index contributed by atoms with van der Waals surface area (Å²) in [4.78, 5) is 4.01. The molecule has 0 aliphatic carbocycles. The van der Waals surface area contributed by atoms with Crippen LogP contribution in [0.5, 0.6) is 0 Å². The first kappa shape index (κ1) is 11.7. The fourth-order valence-corrected chi connectivity index (χ4v) is 1.68. The molecule has 2 heterocycles. The van der Waals surface area contributed by atoms with Crippen molar-refractivity contribution in [3.05, 3.63) is 42.5 Å². The van der Waals surface area contributed by atoms with Gasteiger partial charge in [-0.25, -0.2) is 0 Å². The number of nitrogens with one attached hydrogen (secondary N) is 1. The van der Waals surface area contributed by atoms with Gasteiger partial charge in [-0.2, -0.15) is 0 Å². The summed E-state index contributed by atoms with van der Waals surface area (Å²) in [6, 6.07) is 4.43. The van der Waals surface area contributed by atoms with Crippen molar-refractivity contribution in [2.24, 2.45) is 0 Å². The van der Waals surface area contributed by atoms with Crippen LogP contribution < -0.4 is 5.32 Å². The maximum absolute atomic E-state index is 4.01. The molecule has 0 amide bonds. The molecule has 1 atom stereocenters. The molecule has 0 spiro atoms. The molecule has 0 aliphatic rings. The molecule has 5 nitrogen and oxygen atoms in total. The summed E-state index contributed by atoms with van der Waals surface area (Å²) in [5, 5.41) is 11.2. The van der Waals surface area contributed by atoms with Crippen LogP contribution in [0, 0.1) is 0 Å². The van der Waals surface area contributed by atoms with Gasteiger partial charge < -0.3 is 5.32 Å². The van der Waals surface area contributed by atoms with Crippen LogP contribution in [0.2, 0.25) is 0 Å². The normalized spacial score (nSPS) is 12.5. The van der Waals surface area contributed by atoms with Crippen molar-refractivity contribution >= 4 is 0 Å². The number of aryl methyl sites for hydroxylation is 1. The van der Waals surface area contributed by atoms with E-state index in [1.54, 1.807) is 6.20 Å². The van der Waals surface area contributed by atoms with Crippen molar-refractivity contribution in [2.75, 3.05) is 6.54 Å². The topological polar surface area (TPSA) is 55.6 Å². The maximum atomic E-state index is 4.01. The van der Waals surface area contributed by atoms with Crippen molar-refractivity contribution in [1.29, 1.82) is 0 Å². The Hall–Kier alpha value is -1.75. The molecule has 0 fully saturated rings. The Morgan fingerprint density at radius 1 is 1.29 bits per heavy atom. The van der Waals surface area contributed by atoms with E-state index in [9.17, 15) is 0 Å². The van der Waals surface area contributed by atoms with E-state index in [0.29, 0.717) is 6.04 Å². The largest absolute Gasteiger partial charge is 0.310 e. The summed E-state index contributed by atoms with van der Waals surface area (Å²) in [6.07, 6.45) is 8.27. The smallest absolute Gasteiger partial charge is 0.0692 e. The van der Waals surface area contributed by atoms with Crippen molar-refractivity contribution < 1.29 is 0 Å². The van der Waals surface area contributed by atoms with Crippen LogP contribution in [0.3, 0.4) is 0 Å². The third-order valence-corrected chi connectivity index (χ3v) is 2.69. The molecule has 2 aromatic heterocycles. The lowest BCUT2D eigenvalue weighted by Gasteiger charge is -2.13. The van der Waals surface area contributed by atoms with Crippen LogP contribution >= 0.6 is 0 Å². The Labute approximate surface area is 101 Å². The highest BCUT2D eigenvalue weighted by Gasteiger charge is 2.02. The number of aromatic nitrogens is 4. The van der Waals surface area contributed by atoms with E-state index in [4.69, 9.17) is 0 Å². The summed E-state index contributed by atoms with van der Waals surface area (Å²) in [5.41, 5.74) is 1.26. The van der Waals surface area contributed by atoms with Crippen molar-refractivity contribution in [3.63, 3.8) is 0 Å². The molecule has 0 aliphatic heterocycles. The quantitative estimate of drug-likeness (QED) is 0.764.